The molecule has 0 spiro atoms. The van der Waals surface area contributed by atoms with Gasteiger partial charge in [-0.3, -0.25) is 0 Å². The summed E-state index contributed by atoms with van der Waals surface area (Å²) < 4.78 is 0. The molecule has 1 unspecified atom stereocenters. The smallest absolute Gasteiger partial charge is 0.128 e. The molecule has 0 aliphatic carbocycles. The van der Waals surface area contributed by atoms with Crippen LogP contribution in [0.5, 0.6) is 0 Å². The first-order valence-electron chi connectivity index (χ1n) is 3.49. The average Bonchev–Trinajstić information content (AvgIpc) is 2.09. The Morgan fingerprint density at radius 1 is 1.36 bits per heavy atom. The molecule has 0 fully saturated rings. The van der Waals surface area contributed by atoms with Gasteiger partial charge in [0.2, 0.25) is 0 Å². The predicted molar refractivity (Wildman–Crippen MR) is 49.1 cm³/mol. The van der Waals surface area contributed by atoms with E-state index in [1.807, 2.05) is 30.3 Å². The zero-order valence-electron chi connectivity index (χ0n) is 6.10. The van der Waals surface area contributed by atoms with Crippen LogP contribution in [0.15, 0.2) is 30.3 Å². The number of carbonyl (C=O) groups is 1. The zero-order chi connectivity index (χ0) is 8.10. The van der Waals surface area contributed by atoms with Gasteiger partial charge in [-0.15, -0.1) is 0 Å². The van der Waals surface area contributed by atoms with E-state index in [0.717, 1.165) is 11.8 Å². The summed E-state index contributed by atoms with van der Waals surface area (Å²) in [6, 6.07) is 9.67. The molecular weight excluding hydrogens is 156 g/mol. The van der Waals surface area contributed by atoms with Gasteiger partial charge in [0.1, 0.15) is 6.29 Å². The maximum atomic E-state index is 10.5. The molecule has 0 radical (unpaired) electrons. The SMILES string of the molecule is O=CC(CS)c1ccccc1. The lowest BCUT2D eigenvalue weighted by atomic mass is 10.0. The lowest BCUT2D eigenvalue weighted by molar-refractivity contribution is -0.108. The fourth-order valence-electron chi connectivity index (χ4n) is 0.927. The van der Waals surface area contributed by atoms with Crippen molar-refractivity contribution in [1.29, 1.82) is 0 Å². The minimum Gasteiger partial charge on any atom is -0.303 e. The van der Waals surface area contributed by atoms with E-state index in [4.69, 9.17) is 0 Å². The number of thiol groups is 1. The molecule has 0 heterocycles. The molecule has 0 saturated heterocycles. The number of rotatable bonds is 3. The van der Waals surface area contributed by atoms with Gasteiger partial charge in [-0.25, -0.2) is 0 Å². The monoisotopic (exact) mass is 166 g/mol. The van der Waals surface area contributed by atoms with Crippen molar-refractivity contribution >= 4 is 18.9 Å². The third kappa shape index (κ3) is 2.09. The minimum atomic E-state index is -0.0560. The number of hydrogen-bond donors (Lipinski definition) is 1. The van der Waals surface area contributed by atoms with Gasteiger partial charge in [0.15, 0.2) is 0 Å². The predicted octanol–water partition coefficient (Wildman–Crippen LogP) is 1.90. The molecule has 58 valence electrons. The molecule has 0 aromatic heterocycles. The van der Waals surface area contributed by atoms with Crippen molar-refractivity contribution in [1.82, 2.24) is 0 Å². The van der Waals surface area contributed by atoms with E-state index in [1.54, 1.807) is 0 Å². The van der Waals surface area contributed by atoms with Gasteiger partial charge < -0.3 is 4.79 Å². The van der Waals surface area contributed by atoms with E-state index in [9.17, 15) is 4.79 Å². The largest absolute Gasteiger partial charge is 0.303 e. The Labute approximate surface area is 71.8 Å². The van der Waals surface area contributed by atoms with Gasteiger partial charge in [0.25, 0.3) is 0 Å². The van der Waals surface area contributed by atoms with Gasteiger partial charge in [0, 0.05) is 11.7 Å². The first-order valence-corrected chi connectivity index (χ1v) is 4.13. The van der Waals surface area contributed by atoms with E-state index >= 15 is 0 Å². The Hall–Kier alpha value is -0.760. The summed E-state index contributed by atoms with van der Waals surface area (Å²) in [7, 11) is 0. The number of hydrogen-bond acceptors (Lipinski definition) is 2. The fourth-order valence-corrected chi connectivity index (χ4v) is 1.22. The third-order valence-corrected chi connectivity index (χ3v) is 1.98. The lowest BCUT2D eigenvalue weighted by Crippen LogP contribution is -2.00. The van der Waals surface area contributed by atoms with Crippen molar-refractivity contribution in [2.45, 2.75) is 5.92 Å². The molecule has 1 aromatic rings. The highest BCUT2D eigenvalue weighted by molar-refractivity contribution is 7.80. The quantitative estimate of drug-likeness (QED) is 0.536. The Kier molecular flexibility index (Phi) is 3.17. The van der Waals surface area contributed by atoms with E-state index in [1.165, 1.54) is 0 Å². The second kappa shape index (κ2) is 4.19. The van der Waals surface area contributed by atoms with Crippen LogP contribution in [0.2, 0.25) is 0 Å². The summed E-state index contributed by atoms with van der Waals surface area (Å²) >= 11 is 4.08. The summed E-state index contributed by atoms with van der Waals surface area (Å²) in [6.45, 7) is 0. The molecule has 1 rings (SSSR count). The van der Waals surface area contributed by atoms with Crippen molar-refractivity contribution in [3.63, 3.8) is 0 Å². The number of aldehydes is 1. The second-order valence-corrected chi connectivity index (χ2v) is 2.70. The fraction of sp³-hybridized carbons (Fsp3) is 0.222. The summed E-state index contributed by atoms with van der Waals surface area (Å²) in [5.74, 6) is 0.521. The van der Waals surface area contributed by atoms with Crippen LogP contribution in [0.1, 0.15) is 11.5 Å². The Bertz CT molecular complexity index is 220. The molecule has 2 heteroatoms. The van der Waals surface area contributed by atoms with Gasteiger partial charge >= 0.3 is 0 Å². The Balaban J connectivity index is 2.82. The second-order valence-electron chi connectivity index (χ2n) is 2.34. The Morgan fingerprint density at radius 3 is 2.45 bits per heavy atom. The van der Waals surface area contributed by atoms with E-state index in [-0.39, 0.29) is 5.92 Å². The topological polar surface area (TPSA) is 17.1 Å². The standard InChI is InChI=1S/C9H10OS/c10-6-9(7-11)8-4-2-1-3-5-8/h1-6,9,11H,7H2. The molecule has 1 atom stereocenters. The van der Waals surface area contributed by atoms with E-state index in [0.29, 0.717) is 5.75 Å². The van der Waals surface area contributed by atoms with Gasteiger partial charge in [-0.2, -0.15) is 12.6 Å². The van der Waals surface area contributed by atoms with E-state index in [2.05, 4.69) is 12.6 Å². The van der Waals surface area contributed by atoms with Crippen LogP contribution in [0.25, 0.3) is 0 Å². The van der Waals surface area contributed by atoms with Crippen LogP contribution in [-0.4, -0.2) is 12.0 Å². The van der Waals surface area contributed by atoms with E-state index < -0.39 is 0 Å². The maximum Gasteiger partial charge on any atom is 0.128 e. The van der Waals surface area contributed by atoms with Crippen LogP contribution < -0.4 is 0 Å². The molecule has 1 aromatic carbocycles. The Morgan fingerprint density at radius 2 is 2.00 bits per heavy atom. The minimum absolute atomic E-state index is 0.0560. The lowest BCUT2D eigenvalue weighted by Gasteiger charge is -2.04. The first kappa shape index (κ1) is 8.34. The van der Waals surface area contributed by atoms with Crippen molar-refractivity contribution in [2.24, 2.45) is 0 Å². The number of benzene rings is 1. The highest BCUT2D eigenvalue weighted by Gasteiger charge is 2.05. The molecular formula is C9H10OS. The maximum absolute atomic E-state index is 10.5. The molecule has 0 bridgehead atoms. The van der Waals surface area contributed by atoms with Gasteiger partial charge in [-0.05, 0) is 5.56 Å². The molecule has 0 aliphatic rings. The summed E-state index contributed by atoms with van der Waals surface area (Å²) in [4.78, 5) is 10.5. The van der Waals surface area contributed by atoms with Crippen LogP contribution in [0.3, 0.4) is 0 Å². The third-order valence-electron chi connectivity index (χ3n) is 1.59. The summed E-state index contributed by atoms with van der Waals surface area (Å²) in [5.41, 5.74) is 1.04. The van der Waals surface area contributed by atoms with Gasteiger partial charge in [-0.1, -0.05) is 30.3 Å². The molecule has 11 heavy (non-hydrogen) atoms. The molecule has 1 nitrogen and oxygen atoms in total. The van der Waals surface area contributed by atoms with Crippen molar-refractivity contribution in [2.75, 3.05) is 5.75 Å². The average molecular weight is 166 g/mol. The van der Waals surface area contributed by atoms with Crippen LogP contribution in [0.4, 0.5) is 0 Å². The summed E-state index contributed by atoms with van der Waals surface area (Å²) in [5, 5.41) is 0. The highest BCUT2D eigenvalue weighted by atomic mass is 32.1. The van der Waals surface area contributed by atoms with Crippen LogP contribution in [0, 0.1) is 0 Å². The first-order chi connectivity index (χ1) is 5.38. The number of carbonyl (C=O) groups excluding carboxylic acids is 1. The van der Waals surface area contributed by atoms with Crippen molar-refractivity contribution in [3.8, 4) is 0 Å². The van der Waals surface area contributed by atoms with Crippen molar-refractivity contribution < 1.29 is 4.79 Å². The highest BCUT2D eigenvalue weighted by Crippen LogP contribution is 2.13. The molecule has 0 amide bonds. The molecule has 0 N–H and O–H groups in total. The zero-order valence-corrected chi connectivity index (χ0v) is 7.00. The van der Waals surface area contributed by atoms with Crippen LogP contribution >= 0.6 is 12.6 Å². The van der Waals surface area contributed by atoms with Gasteiger partial charge in [0.05, 0.1) is 0 Å². The normalized spacial score (nSPS) is 12.5. The van der Waals surface area contributed by atoms with Crippen molar-refractivity contribution in [3.05, 3.63) is 35.9 Å². The van der Waals surface area contributed by atoms with Crippen LogP contribution in [-0.2, 0) is 4.79 Å². The molecule has 0 aliphatic heterocycles. The molecule has 0 saturated carbocycles. The summed E-state index contributed by atoms with van der Waals surface area (Å²) in [6.07, 6.45) is 0.933.